The van der Waals surface area contributed by atoms with Gasteiger partial charge >= 0.3 is 5.97 Å². The van der Waals surface area contributed by atoms with E-state index in [0.717, 1.165) is 17.3 Å². The third kappa shape index (κ3) is 4.82. The maximum atomic E-state index is 12.0. The van der Waals surface area contributed by atoms with Crippen molar-refractivity contribution in [2.45, 2.75) is 13.8 Å². The average Bonchev–Trinajstić information content (AvgIpc) is 2.51. The molecule has 2 N–H and O–H groups in total. The minimum Gasteiger partial charge on any atom is -0.462 e. The van der Waals surface area contributed by atoms with Gasteiger partial charge in [0.1, 0.15) is 11.1 Å². The Kier molecular flexibility index (Phi) is 6.99. The zero-order chi connectivity index (χ0) is 16.5. The van der Waals surface area contributed by atoms with E-state index in [1.807, 2.05) is 19.1 Å². The summed E-state index contributed by atoms with van der Waals surface area (Å²) < 4.78 is 4.80. The van der Waals surface area contributed by atoms with Crippen LogP contribution in [0.4, 0.5) is 0 Å². The van der Waals surface area contributed by atoms with Gasteiger partial charge in [0.15, 0.2) is 5.57 Å². The van der Waals surface area contributed by atoms with Gasteiger partial charge in [0.05, 0.1) is 6.61 Å². The number of benzene rings is 1. The second kappa shape index (κ2) is 8.74. The molecule has 0 aromatic heterocycles. The number of esters is 1. The predicted octanol–water partition coefficient (Wildman–Crippen LogP) is 1.89. The zero-order valence-corrected chi connectivity index (χ0v) is 13.4. The molecule has 0 atom stereocenters. The molecule has 0 fully saturated rings. The van der Waals surface area contributed by atoms with Gasteiger partial charge in [-0.05, 0) is 32.2 Å². The summed E-state index contributed by atoms with van der Waals surface area (Å²) in [4.78, 5) is 23.6. The summed E-state index contributed by atoms with van der Waals surface area (Å²) in [6.07, 6.45) is 1.68. The number of amides is 1. The van der Waals surface area contributed by atoms with E-state index in [4.69, 9.17) is 10.00 Å². The molecule has 0 saturated heterocycles. The highest BCUT2D eigenvalue weighted by atomic mass is 32.2. The predicted molar refractivity (Wildman–Crippen MR) is 84.6 cm³/mol. The number of thioether (sulfide) groups is 1. The lowest BCUT2D eigenvalue weighted by atomic mass is 10.1. The van der Waals surface area contributed by atoms with Crippen molar-refractivity contribution in [1.82, 2.24) is 10.9 Å². The van der Waals surface area contributed by atoms with Crippen LogP contribution in [0.15, 0.2) is 34.9 Å². The van der Waals surface area contributed by atoms with Crippen molar-refractivity contribution in [2.24, 2.45) is 0 Å². The molecule has 1 rings (SSSR count). The van der Waals surface area contributed by atoms with E-state index in [2.05, 4.69) is 10.9 Å². The van der Waals surface area contributed by atoms with E-state index in [0.29, 0.717) is 5.56 Å². The van der Waals surface area contributed by atoms with E-state index in [-0.39, 0.29) is 23.1 Å². The Hall–Kier alpha value is -2.46. The molecule has 1 amide bonds. The van der Waals surface area contributed by atoms with Crippen LogP contribution in [0.1, 0.15) is 22.8 Å². The number of nitrogens with zero attached hydrogens (tertiary/aromatic N) is 1. The van der Waals surface area contributed by atoms with Gasteiger partial charge in [-0.15, -0.1) is 11.8 Å². The molecule has 0 aliphatic carbocycles. The van der Waals surface area contributed by atoms with Gasteiger partial charge in [0, 0.05) is 5.56 Å². The largest absolute Gasteiger partial charge is 0.462 e. The van der Waals surface area contributed by atoms with Crippen molar-refractivity contribution in [2.75, 3.05) is 12.9 Å². The van der Waals surface area contributed by atoms with Crippen LogP contribution in [0.2, 0.25) is 0 Å². The molecule has 0 aliphatic heterocycles. The highest BCUT2D eigenvalue weighted by molar-refractivity contribution is 8.02. The average molecular weight is 319 g/mol. The number of hydrogen-bond donors (Lipinski definition) is 2. The summed E-state index contributed by atoms with van der Waals surface area (Å²) in [5.41, 5.74) is 6.38. The van der Waals surface area contributed by atoms with Crippen molar-refractivity contribution < 1.29 is 14.3 Å². The van der Waals surface area contributed by atoms with Crippen molar-refractivity contribution in [3.8, 4) is 6.07 Å². The monoisotopic (exact) mass is 319 g/mol. The Balaban J connectivity index is 2.82. The fourth-order valence-electron chi connectivity index (χ4n) is 1.50. The number of rotatable bonds is 6. The second-order valence-corrected chi connectivity index (χ2v) is 5.00. The normalized spacial score (nSPS) is 11.0. The molecule has 1 aromatic carbocycles. The van der Waals surface area contributed by atoms with Crippen molar-refractivity contribution in [1.29, 1.82) is 5.26 Å². The SMILES string of the molecule is CCOC(=O)C(C#N)=C(NNC(=O)c1ccc(C)cc1)SC. The number of nitriles is 1. The lowest BCUT2D eigenvalue weighted by Crippen LogP contribution is -2.37. The number of hydrogen-bond acceptors (Lipinski definition) is 6. The molecule has 0 unspecified atom stereocenters. The molecule has 1 aromatic rings. The van der Waals surface area contributed by atoms with Gasteiger partial charge < -0.3 is 4.74 Å². The first kappa shape index (κ1) is 17.6. The minimum atomic E-state index is -0.730. The Labute approximate surface area is 133 Å². The molecule has 0 radical (unpaired) electrons. The van der Waals surface area contributed by atoms with Crippen LogP contribution < -0.4 is 10.9 Å². The van der Waals surface area contributed by atoms with Crippen LogP contribution in [-0.2, 0) is 9.53 Å². The zero-order valence-electron chi connectivity index (χ0n) is 12.6. The number of ether oxygens (including phenoxy) is 1. The Morgan fingerprint density at radius 2 is 1.91 bits per heavy atom. The number of hydrazine groups is 1. The summed E-state index contributed by atoms with van der Waals surface area (Å²) in [6.45, 7) is 3.74. The first-order valence-corrected chi connectivity index (χ1v) is 7.74. The maximum Gasteiger partial charge on any atom is 0.351 e. The van der Waals surface area contributed by atoms with Gasteiger partial charge in [-0.1, -0.05) is 17.7 Å². The van der Waals surface area contributed by atoms with Gasteiger partial charge in [-0.2, -0.15) is 5.26 Å². The first-order chi connectivity index (χ1) is 10.5. The quantitative estimate of drug-likeness (QED) is 0.360. The van der Waals surface area contributed by atoms with Crippen LogP contribution in [0.5, 0.6) is 0 Å². The smallest absolute Gasteiger partial charge is 0.351 e. The third-order valence-electron chi connectivity index (χ3n) is 2.63. The van der Waals surface area contributed by atoms with E-state index >= 15 is 0 Å². The van der Waals surface area contributed by atoms with E-state index in [1.54, 1.807) is 31.4 Å². The number of carbonyl (C=O) groups is 2. The lowest BCUT2D eigenvalue weighted by molar-refractivity contribution is -0.138. The van der Waals surface area contributed by atoms with E-state index < -0.39 is 5.97 Å². The molecule has 0 bridgehead atoms. The maximum absolute atomic E-state index is 12.0. The Bertz CT molecular complexity index is 618. The fraction of sp³-hybridized carbons (Fsp3) is 0.267. The molecule has 6 nitrogen and oxygen atoms in total. The molecular weight excluding hydrogens is 302 g/mol. The number of aryl methyl sites for hydroxylation is 1. The van der Waals surface area contributed by atoms with Gasteiger partial charge in [0.2, 0.25) is 0 Å². The molecule has 0 saturated carbocycles. The highest BCUT2D eigenvalue weighted by Gasteiger charge is 2.17. The third-order valence-corrected chi connectivity index (χ3v) is 3.34. The molecule has 7 heteroatoms. The van der Waals surface area contributed by atoms with Crippen LogP contribution in [0.3, 0.4) is 0 Å². The minimum absolute atomic E-state index is 0.168. The summed E-state index contributed by atoms with van der Waals surface area (Å²) in [5, 5.41) is 9.29. The van der Waals surface area contributed by atoms with E-state index in [9.17, 15) is 9.59 Å². The molecule has 0 spiro atoms. The fourth-order valence-corrected chi connectivity index (χ4v) is 1.98. The van der Waals surface area contributed by atoms with Crippen LogP contribution in [-0.4, -0.2) is 24.7 Å². The lowest BCUT2D eigenvalue weighted by Gasteiger charge is -2.12. The van der Waals surface area contributed by atoms with Crippen LogP contribution in [0, 0.1) is 18.3 Å². The molecule has 116 valence electrons. The summed E-state index contributed by atoms with van der Waals surface area (Å²) in [5.74, 6) is -1.10. The molecular formula is C15H17N3O3S. The summed E-state index contributed by atoms with van der Waals surface area (Å²) in [7, 11) is 0. The Morgan fingerprint density at radius 3 is 2.41 bits per heavy atom. The standard InChI is InChI=1S/C15H17N3O3S/c1-4-21-15(20)12(9-16)14(22-3)18-17-13(19)11-7-5-10(2)6-8-11/h5-8,18H,4H2,1-3H3,(H,17,19). The van der Waals surface area contributed by atoms with Crippen molar-refractivity contribution in [3.63, 3.8) is 0 Å². The summed E-state index contributed by atoms with van der Waals surface area (Å²) >= 11 is 1.13. The molecule has 0 heterocycles. The second-order valence-electron chi connectivity index (χ2n) is 4.19. The van der Waals surface area contributed by atoms with E-state index in [1.165, 1.54) is 0 Å². The molecule has 0 aliphatic rings. The topological polar surface area (TPSA) is 91.2 Å². The highest BCUT2D eigenvalue weighted by Crippen LogP contribution is 2.14. The number of nitrogens with one attached hydrogen (secondary N) is 2. The van der Waals surface area contributed by atoms with Crippen molar-refractivity contribution in [3.05, 3.63) is 46.0 Å². The van der Waals surface area contributed by atoms with Gasteiger partial charge in [0.25, 0.3) is 5.91 Å². The van der Waals surface area contributed by atoms with Gasteiger partial charge in [-0.3, -0.25) is 15.6 Å². The van der Waals surface area contributed by atoms with Crippen LogP contribution in [0.25, 0.3) is 0 Å². The first-order valence-electron chi connectivity index (χ1n) is 6.52. The molecule has 22 heavy (non-hydrogen) atoms. The van der Waals surface area contributed by atoms with Gasteiger partial charge in [-0.25, -0.2) is 4.79 Å². The Morgan fingerprint density at radius 1 is 1.27 bits per heavy atom. The van der Waals surface area contributed by atoms with Crippen LogP contribution >= 0.6 is 11.8 Å². The number of carbonyl (C=O) groups excluding carboxylic acids is 2. The summed E-state index contributed by atoms with van der Waals surface area (Å²) in [6, 6.07) is 8.79. The van der Waals surface area contributed by atoms with Crippen molar-refractivity contribution >= 4 is 23.6 Å².